The molecule has 0 fully saturated rings. The van der Waals surface area contributed by atoms with Crippen molar-refractivity contribution in [2.24, 2.45) is 0 Å². The number of unbranched alkanes of at least 4 members (excludes halogenated alkanes) is 3. The van der Waals surface area contributed by atoms with E-state index in [1.807, 2.05) is 0 Å². The van der Waals surface area contributed by atoms with Crippen LogP contribution in [-0.4, -0.2) is 15.8 Å². The molecule has 0 radical (unpaired) electrons. The summed E-state index contributed by atoms with van der Waals surface area (Å²) in [5.74, 6) is 0. The molecule has 60 valence electrons. The normalized spacial score (nSPS) is 8.45. The first kappa shape index (κ1) is 13.8. The minimum Gasteiger partial charge on any atom is -0.588 e. The molecule has 0 heterocycles. The van der Waals surface area contributed by atoms with Gasteiger partial charge in [0, 0.05) is 6.61 Å². The Kier molecular flexibility index (Phi) is 12.8. The third-order valence-corrected chi connectivity index (χ3v) is 1.66. The van der Waals surface area contributed by atoms with Gasteiger partial charge in [-0.15, -0.1) is 0 Å². The molecule has 0 aromatic rings. The van der Waals surface area contributed by atoms with Crippen LogP contribution < -0.4 is 23.7 Å². The summed E-state index contributed by atoms with van der Waals surface area (Å²) in [4.78, 5) is 9.88. The van der Waals surface area contributed by atoms with Crippen LogP contribution in [0.3, 0.4) is 0 Å². The fraction of sp³-hybridized carbons (Fsp3) is 1.00. The van der Waals surface area contributed by atoms with E-state index in [1.54, 1.807) is 0 Å². The predicted molar refractivity (Wildman–Crippen MR) is 36.5 cm³/mol. The first-order chi connectivity index (χ1) is 4.77. The van der Waals surface area contributed by atoms with E-state index in [0.717, 1.165) is 25.7 Å². The molecule has 0 aromatic carbocycles. The zero-order valence-electron chi connectivity index (χ0n) is 7.26. The van der Waals surface area contributed by atoms with Crippen LogP contribution >= 0.6 is 0 Å². The Morgan fingerprint density at radius 1 is 1.36 bits per heavy atom. The maximum absolute atomic E-state index is 9.88. The molecular weight excluding hydrogens is 155 g/mol. The smallest absolute Gasteiger partial charge is 0.588 e. The van der Waals surface area contributed by atoms with Crippen molar-refractivity contribution < 1.29 is 32.5 Å². The Bertz CT molecular complexity index is 99.8. The molecule has 5 heteroatoms. The minimum absolute atomic E-state index is 0. The largest absolute Gasteiger partial charge is 1.00 e. The van der Waals surface area contributed by atoms with Crippen molar-refractivity contribution in [1.82, 2.24) is 0 Å². The Morgan fingerprint density at radius 3 is 2.45 bits per heavy atom. The van der Waals surface area contributed by atoms with Gasteiger partial charge in [0.1, 0.15) is 0 Å². The summed E-state index contributed by atoms with van der Waals surface area (Å²) in [6.07, 6.45) is 4.23. The molecule has 3 nitrogen and oxygen atoms in total. The van der Waals surface area contributed by atoms with Gasteiger partial charge in [0.25, 0.3) is 0 Å². The summed E-state index contributed by atoms with van der Waals surface area (Å²) in [6, 6.07) is 0. The Hall–Kier alpha value is 0.214. The molecule has 0 aliphatic heterocycles. The van der Waals surface area contributed by atoms with Gasteiger partial charge in [-0.2, -0.15) is 0 Å². The molecule has 0 spiro atoms. The molecule has 0 unspecified atom stereocenters. The molecule has 0 amide bonds. The van der Waals surface area contributed by atoms with Crippen molar-refractivity contribution in [3.63, 3.8) is 0 Å². The van der Waals surface area contributed by atoms with Crippen LogP contribution in [0.1, 0.15) is 32.6 Å². The maximum atomic E-state index is 9.88. The van der Waals surface area contributed by atoms with Crippen molar-refractivity contribution in [2.75, 3.05) is 6.61 Å². The second kappa shape index (κ2) is 10.2. The van der Waals surface area contributed by atoms with E-state index in [1.165, 1.54) is 0 Å². The van der Waals surface area contributed by atoms with Gasteiger partial charge in [0.2, 0.25) is 0 Å². The van der Waals surface area contributed by atoms with E-state index in [2.05, 4.69) is 11.3 Å². The molecular formula is C6H13LiO3Si. The molecule has 0 saturated carbocycles. The van der Waals surface area contributed by atoms with Gasteiger partial charge in [-0.3, -0.25) is 0 Å². The third-order valence-electron chi connectivity index (χ3n) is 1.22. The standard InChI is InChI=1S/C6H13O3Si.Li/c1-2-3-4-5-6-9-10(7)8;/h2-6H2,1H3;/q-1;+1. The van der Waals surface area contributed by atoms with Gasteiger partial charge < -0.3 is 13.7 Å². The first-order valence-corrected chi connectivity index (χ1v) is 4.83. The predicted octanol–water partition coefficient (Wildman–Crippen LogP) is -2.64. The molecule has 0 bridgehead atoms. The quantitative estimate of drug-likeness (QED) is 0.322. The van der Waals surface area contributed by atoms with E-state index in [9.17, 15) is 9.26 Å². The molecule has 0 atom stereocenters. The van der Waals surface area contributed by atoms with Crippen LogP contribution in [0.25, 0.3) is 0 Å². The van der Waals surface area contributed by atoms with E-state index >= 15 is 0 Å². The SMILES string of the molecule is CCCCCCO[Si](=O)[O-].[Li+]. The monoisotopic (exact) mass is 168 g/mol. The van der Waals surface area contributed by atoms with Crippen molar-refractivity contribution in [2.45, 2.75) is 32.6 Å². The van der Waals surface area contributed by atoms with Gasteiger partial charge in [0.15, 0.2) is 0 Å². The minimum atomic E-state index is -2.92. The van der Waals surface area contributed by atoms with Crippen LogP contribution in [0.5, 0.6) is 0 Å². The first-order valence-electron chi connectivity index (χ1n) is 3.61. The van der Waals surface area contributed by atoms with Crippen molar-refractivity contribution >= 4 is 9.17 Å². The molecule has 0 N–H and O–H groups in total. The molecule has 0 aromatic heterocycles. The summed E-state index contributed by atoms with van der Waals surface area (Å²) in [5.41, 5.74) is 0. The molecule has 0 saturated heterocycles. The summed E-state index contributed by atoms with van der Waals surface area (Å²) in [5, 5.41) is 0. The zero-order chi connectivity index (χ0) is 7.82. The fourth-order valence-electron chi connectivity index (χ4n) is 0.684. The maximum Gasteiger partial charge on any atom is 1.00 e. The Labute approximate surface area is 81.2 Å². The van der Waals surface area contributed by atoms with Gasteiger partial charge in [-0.05, 0) is 6.42 Å². The van der Waals surface area contributed by atoms with E-state index in [-0.39, 0.29) is 18.9 Å². The molecule has 0 aliphatic carbocycles. The number of rotatable bonds is 6. The van der Waals surface area contributed by atoms with E-state index in [4.69, 9.17) is 0 Å². The van der Waals surface area contributed by atoms with Crippen LogP contribution in [0.4, 0.5) is 0 Å². The van der Waals surface area contributed by atoms with Crippen molar-refractivity contribution in [1.29, 1.82) is 0 Å². The average Bonchev–Trinajstić information content (AvgIpc) is 1.87. The van der Waals surface area contributed by atoms with Crippen molar-refractivity contribution in [3.8, 4) is 0 Å². The van der Waals surface area contributed by atoms with Gasteiger partial charge in [-0.25, -0.2) is 0 Å². The second-order valence-corrected chi connectivity index (χ2v) is 2.95. The second-order valence-electron chi connectivity index (χ2n) is 2.16. The van der Waals surface area contributed by atoms with E-state index in [0.29, 0.717) is 6.61 Å². The van der Waals surface area contributed by atoms with E-state index < -0.39 is 9.17 Å². The van der Waals surface area contributed by atoms with Crippen LogP contribution in [-0.2, 0) is 8.89 Å². The van der Waals surface area contributed by atoms with Gasteiger partial charge in [0.05, 0.1) is 0 Å². The Morgan fingerprint density at radius 2 is 2.00 bits per heavy atom. The topological polar surface area (TPSA) is 49.4 Å². The van der Waals surface area contributed by atoms with Crippen LogP contribution in [0.15, 0.2) is 0 Å². The van der Waals surface area contributed by atoms with Gasteiger partial charge in [-0.1, -0.05) is 26.2 Å². The zero-order valence-corrected chi connectivity index (χ0v) is 8.26. The summed E-state index contributed by atoms with van der Waals surface area (Å²) in [6.45, 7) is 2.47. The molecule has 11 heavy (non-hydrogen) atoms. The fourth-order valence-corrected chi connectivity index (χ4v) is 0.995. The summed E-state index contributed by atoms with van der Waals surface area (Å²) >= 11 is 0. The number of hydrogen-bond donors (Lipinski definition) is 0. The molecule has 0 aliphatic rings. The summed E-state index contributed by atoms with van der Waals surface area (Å²) in [7, 11) is -2.92. The molecule has 0 rings (SSSR count). The number of hydrogen-bond acceptors (Lipinski definition) is 3. The van der Waals surface area contributed by atoms with Crippen LogP contribution in [0.2, 0.25) is 0 Å². The average molecular weight is 168 g/mol. The van der Waals surface area contributed by atoms with Crippen LogP contribution in [0, 0.1) is 0 Å². The van der Waals surface area contributed by atoms with Crippen molar-refractivity contribution in [3.05, 3.63) is 0 Å². The third kappa shape index (κ3) is 13.2. The van der Waals surface area contributed by atoms with Gasteiger partial charge >= 0.3 is 28.0 Å². The summed E-state index contributed by atoms with van der Waals surface area (Å²) < 4.78 is 14.3. The Balaban J connectivity index is 0.